The summed E-state index contributed by atoms with van der Waals surface area (Å²) in [5.74, 6) is -29.3. The summed E-state index contributed by atoms with van der Waals surface area (Å²) < 4.78 is 157. The molecule has 0 aliphatic heterocycles. The van der Waals surface area contributed by atoms with Gasteiger partial charge in [-0.1, -0.05) is 0 Å². The molecular formula is C6H3F13P2. The van der Waals surface area contributed by atoms with Gasteiger partial charge in [-0.05, 0) is 0 Å². The van der Waals surface area contributed by atoms with Gasteiger partial charge in [0.05, 0.1) is 0 Å². The highest BCUT2D eigenvalue weighted by Crippen LogP contribution is 2.72. The van der Waals surface area contributed by atoms with Gasteiger partial charge in [-0.15, -0.1) is 0 Å². The highest BCUT2D eigenvalue weighted by molar-refractivity contribution is 7.64. The van der Waals surface area contributed by atoms with Gasteiger partial charge in [0.15, 0.2) is 7.92 Å². The van der Waals surface area contributed by atoms with Crippen LogP contribution in [-0.4, -0.2) is 35.7 Å². The molecule has 0 saturated carbocycles. The fraction of sp³-hybridized carbons (Fsp3) is 1.00. The van der Waals surface area contributed by atoms with Crippen molar-refractivity contribution in [2.75, 3.05) is 6.16 Å². The average molecular weight is 384 g/mol. The zero-order valence-electron chi connectivity index (χ0n) is 9.09. The Bertz CT molecular complexity index is 307. The lowest BCUT2D eigenvalue weighted by atomic mass is 10.9. The van der Waals surface area contributed by atoms with Crippen molar-refractivity contribution in [2.45, 2.75) is 29.6 Å². The number of rotatable bonds is 3. The Morgan fingerprint density at radius 2 is 0.857 bits per heavy atom. The predicted molar refractivity (Wildman–Crippen MR) is 47.8 cm³/mol. The molecule has 0 aromatic carbocycles. The van der Waals surface area contributed by atoms with E-state index in [1.54, 1.807) is 0 Å². The molecule has 0 amide bonds. The van der Waals surface area contributed by atoms with Crippen LogP contribution >= 0.6 is 15.8 Å². The zero-order chi connectivity index (χ0) is 17.4. The van der Waals surface area contributed by atoms with Crippen molar-refractivity contribution < 1.29 is 57.1 Å². The molecule has 0 aliphatic rings. The number of halogens is 13. The van der Waals surface area contributed by atoms with Gasteiger partial charge in [0.1, 0.15) is 13.8 Å². The molecule has 15 heteroatoms. The molecule has 0 heterocycles. The lowest BCUT2D eigenvalue weighted by Gasteiger charge is -2.29. The zero-order valence-corrected chi connectivity index (χ0v) is 10.9. The van der Waals surface area contributed by atoms with Gasteiger partial charge in [-0.25, -0.2) is 4.39 Å². The minimum absolute atomic E-state index is 2.94. The first kappa shape index (κ1) is 20.9. The van der Waals surface area contributed by atoms with Crippen LogP contribution in [0.25, 0.3) is 0 Å². The van der Waals surface area contributed by atoms with E-state index in [-0.39, 0.29) is 0 Å². The second-order valence-electron chi connectivity index (χ2n) is 3.29. The Labute approximate surface area is 110 Å². The summed E-state index contributed by atoms with van der Waals surface area (Å²) in [4.78, 5) is 0. The van der Waals surface area contributed by atoms with Gasteiger partial charge >= 0.3 is 23.7 Å². The molecule has 0 N–H and O–H groups in total. The number of alkyl halides is 13. The average Bonchev–Trinajstić information content (AvgIpc) is 2.04. The molecule has 128 valence electrons. The third-order valence-electron chi connectivity index (χ3n) is 1.77. The van der Waals surface area contributed by atoms with E-state index >= 15 is 0 Å². The van der Waals surface area contributed by atoms with Crippen molar-refractivity contribution in [3.8, 4) is 0 Å². The third kappa shape index (κ3) is 6.30. The maximum absolute atomic E-state index is 13.0. The Hall–Kier alpha value is -0.0500. The van der Waals surface area contributed by atoms with E-state index in [4.69, 9.17) is 0 Å². The number of hydrogen-bond donors (Lipinski definition) is 0. The molecule has 0 radical (unpaired) electrons. The molecule has 0 bridgehead atoms. The highest BCUT2D eigenvalue weighted by Gasteiger charge is 2.64. The van der Waals surface area contributed by atoms with E-state index < -0.39 is 51.6 Å². The van der Waals surface area contributed by atoms with Crippen molar-refractivity contribution in [1.29, 1.82) is 0 Å². The maximum Gasteiger partial charge on any atom is 0.416 e. The first-order valence-electron chi connectivity index (χ1n) is 4.36. The van der Waals surface area contributed by atoms with Crippen LogP contribution in [-0.2, 0) is 0 Å². The minimum atomic E-state index is -6.30. The molecule has 0 aromatic heterocycles. The second kappa shape index (κ2) is 6.22. The van der Waals surface area contributed by atoms with E-state index in [1.165, 1.54) is 0 Å². The van der Waals surface area contributed by atoms with Crippen LogP contribution < -0.4 is 0 Å². The molecular weight excluding hydrogens is 381 g/mol. The van der Waals surface area contributed by atoms with Crippen LogP contribution in [0.2, 0.25) is 0 Å². The fourth-order valence-electron chi connectivity index (χ4n) is 1.04. The monoisotopic (exact) mass is 384 g/mol. The van der Waals surface area contributed by atoms with E-state index in [1.807, 2.05) is 0 Å². The Balaban J connectivity index is 5.44. The van der Waals surface area contributed by atoms with E-state index in [0.717, 1.165) is 0 Å². The smallest absolute Gasteiger partial charge is 0.241 e. The molecule has 1 atom stereocenters. The van der Waals surface area contributed by atoms with Gasteiger partial charge in [0.2, 0.25) is 0 Å². The number of hydrogen-bond acceptors (Lipinski definition) is 0. The van der Waals surface area contributed by atoms with Gasteiger partial charge in [-0.2, -0.15) is 52.7 Å². The van der Waals surface area contributed by atoms with Crippen LogP contribution in [0.3, 0.4) is 0 Å². The van der Waals surface area contributed by atoms with Crippen LogP contribution in [0, 0.1) is 0 Å². The summed E-state index contributed by atoms with van der Waals surface area (Å²) in [6.45, 7) is 0. The fourth-order valence-corrected chi connectivity index (χ4v) is 4.11. The van der Waals surface area contributed by atoms with E-state index in [2.05, 4.69) is 0 Å². The van der Waals surface area contributed by atoms with Crippen LogP contribution in [0.4, 0.5) is 57.1 Å². The standard InChI is InChI=1S/C6H3F13P2/c7-2(21(5(14,15)16)6(17,18)19)1-20(3(8,9)10)4(11,12)13/h2H,1H2. The maximum atomic E-state index is 13.0. The summed E-state index contributed by atoms with van der Waals surface area (Å²) in [7, 11) is -11.0. The van der Waals surface area contributed by atoms with Crippen molar-refractivity contribution in [1.82, 2.24) is 0 Å². The van der Waals surface area contributed by atoms with E-state index in [0.29, 0.717) is 0 Å². The summed E-state index contributed by atoms with van der Waals surface area (Å²) in [6.07, 6.45) is -2.94. The molecule has 0 rings (SSSR count). The molecule has 0 aliphatic carbocycles. The first-order valence-corrected chi connectivity index (χ1v) is 7.30. The molecule has 0 fully saturated rings. The molecule has 0 spiro atoms. The summed E-state index contributed by atoms with van der Waals surface area (Å²) in [5, 5.41) is 0. The van der Waals surface area contributed by atoms with Gasteiger partial charge < -0.3 is 0 Å². The lowest BCUT2D eigenvalue weighted by Crippen LogP contribution is -2.29. The second-order valence-corrected chi connectivity index (χ2v) is 7.84. The predicted octanol–water partition coefficient (Wildman–Crippen LogP) is 6.33. The van der Waals surface area contributed by atoms with Crippen molar-refractivity contribution in [3.05, 3.63) is 0 Å². The quantitative estimate of drug-likeness (QED) is 0.394. The van der Waals surface area contributed by atoms with Crippen molar-refractivity contribution in [2.24, 2.45) is 0 Å². The molecule has 21 heavy (non-hydrogen) atoms. The van der Waals surface area contributed by atoms with Gasteiger partial charge in [0.25, 0.3) is 0 Å². The Morgan fingerprint density at radius 1 is 0.571 bits per heavy atom. The summed E-state index contributed by atoms with van der Waals surface area (Å²) in [6, 6.07) is 0. The Kier molecular flexibility index (Phi) is 6.20. The summed E-state index contributed by atoms with van der Waals surface area (Å²) in [5.41, 5.74) is 0. The largest absolute Gasteiger partial charge is 0.416 e. The normalized spacial score (nSPS) is 16.7. The van der Waals surface area contributed by atoms with Gasteiger partial charge in [-0.3, -0.25) is 0 Å². The SMILES string of the molecule is FC(CP(C(F)(F)F)C(F)(F)F)P(C(F)(F)F)C(F)(F)F. The molecule has 0 aromatic rings. The Morgan fingerprint density at radius 3 is 1.05 bits per heavy atom. The molecule has 0 nitrogen and oxygen atoms in total. The lowest BCUT2D eigenvalue weighted by molar-refractivity contribution is -0.0900. The highest BCUT2D eigenvalue weighted by atomic mass is 31.1. The van der Waals surface area contributed by atoms with Gasteiger partial charge in [0, 0.05) is 6.16 Å². The first-order chi connectivity index (χ1) is 8.88. The third-order valence-corrected chi connectivity index (χ3v) is 5.81. The van der Waals surface area contributed by atoms with Crippen molar-refractivity contribution in [3.63, 3.8) is 0 Å². The van der Waals surface area contributed by atoms with Crippen LogP contribution in [0.1, 0.15) is 0 Å². The van der Waals surface area contributed by atoms with Crippen molar-refractivity contribution >= 4 is 15.8 Å². The van der Waals surface area contributed by atoms with E-state index in [9.17, 15) is 57.1 Å². The molecule has 1 unspecified atom stereocenters. The molecule has 0 saturated heterocycles. The topological polar surface area (TPSA) is 0 Å². The minimum Gasteiger partial charge on any atom is -0.241 e. The van der Waals surface area contributed by atoms with Crippen LogP contribution in [0.5, 0.6) is 0 Å². The van der Waals surface area contributed by atoms with Crippen LogP contribution in [0.15, 0.2) is 0 Å². The summed E-state index contributed by atoms with van der Waals surface area (Å²) >= 11 is 0.